The molecule has 8 nitrogen and oxygen atoms in total. The minimum Gasteiger partial charge on any atom is -0.497 e. The Morgan fingerprint density at radius 3 is 2.68 bits per heavy atom. The van der Waals surface area contributed by atoms with E-state index in [9.17, 15) is 4.79 Å². The lowest BCUT2D eigenvalue weighted by atomic mass is 10.1. The van der Waals surface area contributed by atoms with Gasteiger partial charge in [-0.3, -0.25) is 14.7 Å². The number of hydrogen-bond donors (Lipinski definition) is 3. The van der Waals surface area contributed by atoms with Crippen LogP contribution in [0.2, 0.25) is 0 Å². The van der Waals surface area contributed by atoms with Crippen LogP contribution in [0.25, 0.3) is 0 Å². The van der Waals surface area contributed by atoms with E-state index in [1.807, 2.05) is 19.1 Å². The van der Waals surface area contributed by atoms with Crippen molar-refractivity contribution in [3.8, 4) is 5.75 Å². The van der Waals surface area contributed by atoms with Gasteiger partial charge in [-0.25, -0.2) is 0 Å². The van der Waals surface area contributed by atoms with E-state index in [0.29, 0.717) is 25.4 Å². The third-order valence-corrected chi connectivity index (χ3v) is 5.27. The molecule has 1 aromatic heterocycles. The molecule has 168 valence electrons. The average molecular weight is 428 g/mol. The van der Waals surface area contributed by atoms with Crippen LogP contribution in [-0.2, 0) is 0 Å². The Bertz CT molecular complexity index is 831. The zero-order valence-corrected chi connectivity index (χ0v) is 18.4. The maximum Gasteiger partial charge on any atom is 0.287 e. The van der Waals surface area contributed by atoms with E-state index in [-0.39, 0.29) is 11.9 Å². The van der Waals surface area contributed by atoms with Crippen LogP contribution in [0, 0.1) is 0 Å². The number of hydrogen-bond acceptors (Lipinski definition) is 5. The van der Waals surface area contributed by atoms with Crippen LogP contribution in [0.4, 0.5) is 0 Å². The van der Waals surface area contributed by atoms with Gasteiger partial charge in [0, 0.05) is 19.6 Å². The number of aliphatic imine (C=N–C) groups is 1. The normalized spacial score (nSPS) is 15.5. The predicted molar refractivity (Wildman–Crippen MR) is 122 cm³/mol. The molecule has 0 bridgehead atoms. The number of methoxy groups -OCH3 is 1. The van der Waals surface area contributed by atoms with Crippen molar-refractivity contribution in [1.29, 1.82) is 0 Å². The smallest absolute Gasteiger partial charge is 0.287 e. The number of carbonyl (C=O) groups is 1. The summed E-state index contributed by atoms with van der Waals surface area (Å²) in [7, 11) is 1.69. The summed E-state index contributed by atoms with van der Waals surface area (Å²) in [5, 5.41) is 9.40. The number of furan rings is 1. The summed E-state index contributed by atoms with van der Waals surface area (Å²) in [6.45, 7) is 6.64. The molecule has 1 unspecified atom stereocenters. The second kappa shape index (κ2) is 12.0. The molecule has 31 heavy (non-hydrogen) atoms. The van der Waals surface area contributed by atoms with Gasteiger partial charge in [-0.15, -0.1) is 0 Å². The number of rotatable bonds is 10. The highest BCUT2D eigenvalue weighted by atomic mass is 16.5. The second-order valence-electron chi connectivity index (χ2n) is 7.42. The van der Waals surface area contributed by atoms with Crippen LogP contribution >= 0.6 is 0 Å². The predicted octanol–water partition coefficient (Wildman–Crippen LogP) is 2.41. The van der Waals surface area contributed by atoms with Crippen LogP contribution in [-0.4, -0.2) is 63.1 Å². The van der Waals surface area contributed by atoms with E-state index in [0.717, 1.165) is 31.3 Å². The Labute approximate surface area is 184 Å². The molecule has 2 heterocycles. The Morgan fingerprint density at radius 2 is 1.97 bits per heavy atom. The Kier molecular flexibility index (Phi) is 8.78. The number of guanidine groups is 1. The molecule has 3 rings (SSSR count). The van der Waals surface area contributed by atoms with Gasteiger partial charge in [0.15, 0.2) is 11.7 Å². The summed E-state index contributed by atoms with van der Waals surface area (Å²) in [6.07, 6.45) is 3.93. The molecule has 0 saturated carbocycles. The molecule has 1 amide bonds. The van der Waals surface area contributed by atoms with E-state index in [4.69, 9.17) is 14.1 Å². The molecular formula is C23H33N5O3. The second-order valence-corrected chi connectivity index (χ2v) is 7.42. The lowest BCUT2D eigenvalue weighted by molar-refractivity contribution is 0.0926. The number of likely N-dealkylation sites (tertiary alicyclic amines) is 1. The number of ether oxygens (including phenoxy) is 1. The van der Waals surface area contributed by atoms with Crippen molar-refractivity contribution in [1.82, 2.24) is 20.9 Å². The highest BCUT2D eigenvalue weighted by Gasteiger charge is 2.23. The minimum atomic E-state index is -0.221. The number of amides is 1. The molecule has 1 fully saturated rings. The summed E-state index contributed by atoms with van der Waals surface area (Å²) in [6, 6.07) is 11.8. The fourth-order valence-corrected chi connectivity index (χ4v) is 3.71. The number of carbonyl (C=O) groups excluding carboxylic acids is 1. The summed E-state index contributed by atoms with van der Waals surface area (Å²) < 4.78 is 10.5. The van der Waals surface area contributed by atoms with E-state index < -0.39 is 0 Å². The van der Waals surface area contributed by atoms with Gasteiger partial charge < -0.3 is 25.1 Å². The van der Waals surface area contributed by atoms with Gasteiger partial charge in [-0.2, -0.15) is 0 Å². The maximum atomic E-state index is 12.0. The van der Waals surface area contributed by atoms with E-state index in [1.54, 1.807) is 19.2 Å². The lowest BCUT2D eigenvalue weighted by Crippen LogP contribution is -2.42. The van der Waals surface area contributed by atoms with Gasteiger partial charge in [-0.1, -0.05) is 12.1 Å². The fraction of sp³-hybridized carbons (Fsp3) is 0.478. The molecule has 2 aromatic rings. The van der Waals surface area contributed by atoms with Crippen LogP contribution in [0.3, 0.4) is 0 Å². The highest BCUT2D eigenvalue weighted by molar-refractivity contribution is 5.91. The quantitative estimate of drug-likeness (QED) is 0.306. The van der Waals surface area contributed by atoms with Crippen molar-refractivity contribution in [2.24, 2.45) is 4.99 Å². The maximum absolute atomic E-state index is 12.0. The summed E-state index contributed by atoms with van der Waals surface area (Å²) in [5.41, 5.74) is 1.21. The van der Waals surface area contributed by atoms with Gasteiger partial charge in [0.05, 0.1) is 26.0 Å². The third-order valence-electron chi connectivity index (χ3n) is 5.27. The van der Waals surface area contributed by atoms with Gasteiger partial charge >= 0.3 is 0 Å². The monoisotopic (exact) mass is 427 g/mol. The fourth-order valence-electron chi connectivity index (χ4n) is 3.71. The Balaban J connectivity index is 1.59. The van der Waals surface area contributed by atoms with Gasteiger partial charge in [0.25, 0.3) is 5.91 Å². The Hall–Kier alpha value is -3.00. The largest absolute Gasteiger partial charge is 0.497 e. The number of nitrogens with one attached hydrogen (secondary N) is 3. The van der Waals surface area contributed by atoms with Crippen molar-refractivity contribution in [2.75, 3.05) is 46.4 Å². The molecule has 1 saturated heterocycles. The first kappa shape index (κ1) is 22.7. The van der Waals surface area contributed by atoms with Crippen LogP contribution in [0.1, 0.15) is 41.9 Å². The molecule has 1 aliphatic rings. The van der Waals surface area contributed by atoms with Crippen LogP contribution in [0.15, 0.2) is 52.1 Å². The molecule has 1 aromatic carbocycles. The van der Waals surface area contributed by atoms with Crippen LogP contribution < -0.4 is 20.7 Å². The molecule has 1 atom stereocenters. The van der Waals surface area contributed by atoms with Crippen molar-refractivity contribution in [3.05, 3.63) is 54.0 Å². The summed E-state index contributed by atoms with van der Waals surface area (Å²) in [4.78, 5) is 19.3. The van der Waals surface area contributed by atoms with Gasteiger partial charge in [0.2, 0.25) is 0 Å². The van der Waals surface area contributed by atoms with Crippen LogP contribution in [0.5, 0.6) is 5.75 Å². The summed E-state index contributed by atoms with van der Waals surface area (Å²) >= 11 is 0. The summed E-state index contributed by atoms with van der Waals surface area (Å²) in [5.74, 6) is 1.69. The first-order chi connectivity index (χ1) is 15.2. The molecule has 1 aliphatic heterocycles. The topological polar surface area (TPSA) is 91.1 Å². The zero-order chi connectivity index (χ0) is 21.9. The Morgan fingerprint density at radius 1 is 1.16 bits per heavy atom. The van der Waals surface area contributed by atoms with Crippen molar-refractivity contribution in [2.45, 2.75) is 25.8 Å². The molecule has 0 spiro atoms. The zero-order valence-electron chi connectivity index (χ0n) is 18.4. The molecule has 8 heteroatoms. The lowest BCUT2D eigenvalue weighted by Gasteiger charge is -2.27. The molecular weight excluding hydrogens is 394 g/mol. The van der Waals surface area contributed by atoms with Crippen molar-refractivity contribution in [3.63, 3.8) is 0 Å². The SMILES string of the molecule is CCNC(=NCC(c1cccc(OC)c1)N1CCCC1)NCCNC(=O)c1ccco1. The molecule has 3 N–H and O–H groups in total. The van der Waals surface area contributed by atoms with E-state index in [1.165, 1.54) is 24.7 Å². The highest BCUT2D eigenvalue weighted by Crippen LogP contribution is 2.27. The van der Waals surface area contributed by atoms with E-state index >= 15 is 0 Å². The minimum absolute atomic E-state index is 0.201. The standard InChI is InChI=1S/C23H33N5O3/c1-3-24-23(26-12-11-25-22(29)21-10-7-15-31-21)27-17-20(28-13-4-5-14-28)18-8-6-9-19(16-18)30-2/h6-10,15-16,20H,3-5,11-14,17H2,1-2H3,(H,25,29)(H2,24,26,27). The van der Waals surface area contributed by atoms with Crippen molar-refractivity contribution < 1.29 is 13.9 Å². The number of benzene rings is 1. The van der Waals surface area contributed by atoms with E-state index in [2.05, 4.69) is 33.0 Å². The average Bonchev–Trinajstić information content (AvgIpc) is 3.51. The first-order valence-electron chi connectivity index (χ1n) is 10.9. The number of nitrogens with zero attached hydrogens (tertiary/aromatic N) is 2. The first-order valence-corrected chi connectivity index (χ1v) is 10.9. The van der Waals surface area contributed by atoms with Crippen molar-refractivity contribution >= 4 is 11.9 Å². The molecule has 0 radical (unpaired) electrons. The molecule has 0 aliphatic carbocycles. The third kappa shape index (κ3) is 6.75. The van der Waals surface area contributed by atoms with Gasteiger partial charge in [-0.05, 0) is 62.7 Å². The van der Waals surface area contributed by atoms with Gasteiger partial charge in [0.1, 0.15) is 5.75 Å².